The van der Waals surface area contributed by atoms with Gasteiger partial charge < -0.3 is 10.2 Å². The van der Waals surface area contributed by atoms with E-state index >= 15 is 0 Å². The van der Waals surface area contributed by atoms with Crippen LogP contribution in [0.5, 0.6) is 0 Å². The Bertz CT molecular complexity index is 841. The highest BCUT2D eigenvalue weighted by Gasteiger charge is 2.30. The number of nitrogen functional groups attached to an aromatic ring is 1. The summed E-state index contributed by atoms with van der Waals surface area (Å²) in [7, 11) is 0. The van der Waals surface area contributed by atoms with Crippen LogP contribution < -0.4 is 16.6 Å². The number of nitrogens with zero attached hydrogens (tertiary/aromatic N) is 2. The molecule has 1 atom stereocenters. The van der Waals surface area contributed by atoms with Gasteiger partial charge in [0, 0.05) is 36.8 Å². The SMILES string of the molecule is CCN1CCN(C(=O)NCc2ccc(C(=O)NN)cc2)C(c2ccc(Cl)cc2)C1. The molecule has 7 nitrogen and oxygen atoms in total. The molecule has 4 N–H and O–H groups in total. The third kappa shape index (κ3) is 5.26. The van der Waals surface area contributed by atoms with Crippen LogP contribution in [0.15, 0.2) is 48.5 Å². The van der Waals surface area contributed by atoms with E-state index in [4.69, 9.17) is 17.4 Å². The monoisotopic (exact) mass is 415 g/mol. The molecule has 154 valence electrons. The van der Waals surface area contributed by atoms with Crippen molar-refractivity contribution >= 4 is 23.5 Å². The first-order chi connectivity index (χ1) is 14.0. The van der Waals surface area contributed by atoms with Crippen LogP contribution in [0.4, 0.5) is 4.79 Å². The molecule has 1 heterocycles. The second kappa shape index (κ2) is 9.73. The van der Waals surface area contributed by atoms with Gasteiger partial charge >= 0.3 is 6.03 Å². The number of hydrogen-bond donors (Lipinski definition) is 3. The second-order valence-electron chi connectivity index (χ2n) is 6.98. The predicted octanol–water partition coefficient (Wildman–Crippen LogP) is 2.53. The number of carbonyl (C=O) groups is 2. The summed E-state index contributed by atoms with van der Waals surface area (Å²) in [6, 6.07) is 14.5. The maximum absolute atomic E-state index is 12.9. The Morgan fingerprint density at radius 3 is 2.41 bits per heavy atom. The van der Waals surface area contributed by atoms with E-state index in [1.165, 1.54) is 0 Å². The number of nitrogens with two attached hydrogens (primary N) is 1. The largest absolute Gasteiger partial charge is 0.334 e. The maximum atomic E-state index is 12.9. The Morgan fingerprint density at radius 1 is 1.10 bits per heavy atom. The van der Waals surface area contributed by atoms with Gasteiger partial charge in [0.05, 0.1) is 6.04 Å². The van der Waals surface area contributed by atoms with E-state index in [0.717, 1.165) is 30.8 Å². The van der Waals surface area contributed by atoms with Gasteiger partial charge in [-0.3, -0.25) is 15.1 Å². The van der Waals surface area contributed by atoms with E-state index in [-0.39, 0.29) is 18.0 Å². The first-order valence-electron chi connectivity index (χ1n) is 9.64. The lowest BCUT2D eigenvalue weighted by atomic mass is 10.0. The number of urea groups is 1. The lowest BCUT2D eigenvalue weighted by molar-refractivity contribution is 0.0952. The molecular weight excluding hydrogens is 390 g/mol. The Labute approximate surface area is 175 Å². The Morgan fingerprint density at radius 2 is 1.79 bits per heavy atom. The molecule has 1 unspecified atom stereocenters. The fourth-order valence-electron chi connectivity index (χ4n) is 3.48. The van der Waals surface area contributed by atoms with Gasteiger partial charge in [0.15, 0.2) is 0 Å². The lowest BCUT2D eigenvalue weighted by Gasteiger charge is -2.41. The third-order valence-electron chi connectivity index (χ3n) is 5.22. The Kier molecular flexibility index (Phi) is 7.09. The van der Waals surface area contributed by atoms with Crippen LogP contribution in [0.3, 0.4) is 0 Å². The van der Waals surface area contributed by atoms with Gasteiger partial charge in [-0.2, -0.15) is 0 Å². The van der Waals surface area contributed by atoms with E-state index in [1.54, 1.807) is 24.3 Å². The van der Waals surface area contributed by atoms with Crippen LogP contribution in [0.2, 0.25) is 5.02 Å². The fraction of sp³-hybridized carbons (Fsp3) is 0.333. The molecule has 2 aromatic rings. The summed E-state index contributed by atoms with van der Waals surface area (Å²) in [5, 5.41) is 3.67. The van der Waals surface area contributed by atoms with Crippen molar-refractivity contribution in [2.24, 2.45) is 5.84 Å². The number of nitrogens with one attached hydrogen (secondary N) is 2. The summed E-state index contributed by atoms with van der Waals surface area (Å²) in [6.45, 7) is 5.74. The van der Waals surface area contributed by atoms with Gasteiger partial charge in [-0.05, 0) is 41.9 Å². The molecule has 1 aliphatic heterocycles. The zero-order valence-corrected chi connectivity index (χ0v) is 17.2. The zero-order valence-electron chi connectivity index (χ0n) is 16.4. The molecule has 29 heavy (non-hydrogen) atoms. The van der Waals surface area contributed by atoms with Gasteiger partial charge in [-0.25, -0.2) is 10.6 Å². The molecule has 3 rings (SSSR count). The summed E-state index contributed by atoms with van der Waals surface area (Å²) in [5.41, 5.74) is 4.55. The van der Waals surface area contributed by atoms with Crippen LogP contribution in [-0.4, -0.2) is 47.9 Å². The smallest absolute Gasteiger partial charge is 0.318 e. The lowest BCUT2D eigenvalue weighted by Crippen LogP contribution is -2.53. The maximum Gasteiger partial charge on any atom is 0.318 e. The van der Waals surface area contributed by atoms with Gasteiger partial charge in [0.2, 0.25) is 0 Å². The number of likely N-dealkylation sites (N-methyl/N-ethyl adjacent to an activating group) is 1. The quantitative estimate of drug-likeness (QED) is 0.397. The molecule has 8 heteroatoms. The number of rotatable bonds is 5. The van der Waals surface area contributed by atoms with Crippen molar-refractivity contribution in [2.75, 3.05) is 26.2 Å². The van der Waals surface area contributed by atoms with Crippen molar-refractivity contribution in [2.45, 2.75) is 19.5 Å². The summed E-state index contributed by atoms with van der Waals surface area (Å²) < 4.78 is 0. The van der Waals surface area contributed by atoms with E-state index in [9.17, 15) is 9.59 Å². The first-order valence-corrected chi connectivity index (χ1v) is 10.0. The summed E-state index contributed by atoms with van der Waals surface area (Å²) >= 11 is 6.03. The minimum Gasteiger partial charge on any atom is -0.334 e. The predicted molar refractivity (Wildman–Crippen MR) is 113 cm³/mol. The highest BCUT2D eigenvalue weighted by atomic mass is 35.5. The molecule has 3 amide bonds. The highest BCUT2D eigenvalue weighted by Crippen LogP contribution is 2.26. The number of carbonyl (C=O) groups excluding carboxylic acids is 2. The third-order valence-corrected chi connectivity index (χ3v) is 5.47. The molecule has 1 fully saturated rings. The second-order valence-corrected chi connectivity index (χ2v) is 7.42. The highest BCUT2D eigenvalue weighted by molar-refractivity contribution is 6.30. The minimum atomic E-state index is -0.347. The topological polar surface area (TPSA) is 90.7 Å². The number of halogens is 1. The summed E-state index contributed by atoms with van der Waals surface area (Å²) in [6.07, 6.45) is 0. The summed E-state index contributed by atoms with van der Waals surface area (Å²) in [4.78, 5) is 28.7. The first kappa shape index (κ1) is 21.1. The number of benzene rings is 2. The van der Waals surface area contributed by atoms with E-state index < -0.39 is 0 Å². The minimum absolute atomic E-state index is 0.0309. The Balaban J connectivity index is 1.67. The van der Waals surface area contributed by atoms with Crippen LogP contribution in [0.1, 0.15) is 34.5 Å². The molecule has 0 aliphatic carbocycles. The summed E-state index contributed by atoms with van der Waals surface area (Å²) in [5.74, 6) is 4.79. The molecule has 0 saturated carbocycles. The van der Waals surface area contributed by atoms with Gasteiger partial charge in [0.25, 0.3) is 5.91 Å². The average molecular weight is 416 g/mol. The number of amides is 3. The molecule has 0 aromatic heterocycles. The number of piperazine rings is 1. The van der Waals surface area contributed by atoms with Crippen molar-refractivity contribution in [3.8, 4) is 0 Å². The van der Waals surface area contributed by atoms with Gasteiger partial charge in [-0.15, -0.1) is 0 Å². The number of hydrogen-bond acceptors (Lipinski definition) is 4. The van der Waals surface area contributed by atoms with Crippen molar-refractivity contribution in [1.82, 2.24) is 20.5 Å². The van der Waals surface area contributed by atoms with Crippen molar-refractivity contribution in [3.63, 3.8) is 0 Å². The molecule has 0 spiro atoms. The van der Waals surface area contributed by atoms with Gasteiger partial charge in [-0.1, -0.05) is 42.8 Å². The molecule has 0 bridgehead atoms. The van der Waals surface area contributed by atoms with E-state index in [0.29, 0.717) is 23.7 Å². The van der Waals surface area contributed by atoms with E-state index in [2.05, 4.69) is 22.6 Å². The number of hydrazine groups is 1. The fourth-order valence-corrected chi connectivity index (χ4v) is 3.60. The molecule has 0 radical (unpaired) electrons. The van der Waals surface area contributed by atoms with Crippen molar-refractivity contribution in [1.29, 1.82) is 0 Å². The normalized spacial score (nSPS) is 17.1. The van der Waals surface area contributed by atoms with Crippen molar-refractivity contribution in [3.05, 3.63) is 70.2 Å². The van der Waals surface area contributed by atoms with E-state index in [1.807, 2.05) is 29.2 Å². The van der Waals surface area contributed by atoms with Crippen LogP contribution in [0, 0.1) is 0 Å². The van der Waals surface area contributed by atoms with Gasteiger partial charge in [0.1, 0.15) is 0 Å². The standard InChI is InChI=1S/C21H26ClN5O2/c1-2-26-11-12-27(19(14-26)16-7-9-18(22)10-8-16)21(29)24-13-15-3-5-17(6-4-15)20(28)25-23/h3-10,19H,2,11-14,23H2,1H3,(H,24,29)(H,25,28). The van der Waals surface area contributed by atoms with Crippen LogP contribution >= 0.6 is 11.6 Å². The zero-order chi connectivity index (χ0) is 20.8. The van der Waals surface area contributed by atoms with Crippen molar-refractivity contribution < 1.29 is 9.59 Å². The molecule has 2 aromatic carbocycles. The van der Waals surface area contributed by atoms with Crippen LogP contribution in [-0.2, 0) is 6.54 Å². The van der Waals surface area contributed by atoms with Crippen LogP contribution in [0.25, 0.3) is 0 Å². The Hall–Kier alpha value is -2.61. The molecule has 1 aliphatic rings. The molecule has 1 saturated heterocycles. The molecular formula is C21H26ClN5O2. The average Bonchev–Trinajstić information content (AvgIpc) is 2.77.